The SMILES string of the molecule is C=N/C=C(Cl)\C(=N/C1CCOCC1)c1ccc2c(n1)C(=O)N(CC(=O)NCCO)C2. The smallest absolute Gasteiger partial charge is 0.273 e. The zero-order valence-electron chi connectivity index (χ0n) is 16.5. The van der Waals surface area contributed by atoms with Gasteiger partial charge in [-0.2, -0.15) is 0 Å². The third kappa shape index (κ3) is 5.29. The Morgan fingerprint density at radius 3 is 2.90 bits per heavy atom. The number of aromatic nitrogens is 1. The van der Waals surface area contributed by atoms with Crippen molar-refractivity contribution in [2.45, 2.75) is 25.4 Å². The van der Waals surface area contributed by atoms with Crippen molar-refractivity contribution in [3.8, 4) is 0 Å². The van der Waals surface area contributed by atoms with Crippen molar-refractivity contribution in [2.75, 3.05) is 32.9 Å². The number of rotatable bonds is 8. The third-order valence-electron chi connectivity index (χ3n) is 4.77. The van der Waals surface area contributed by atoms with E-state index in [-0.39, 0.29) is 54.8 Å². The molecule has 0 spiro atoms. The molecule has 160 valence electrons. The molecule has 3 rings (SSSR count). The number of aliphatic imine (C=N–C) groups is 2. The van der Waals surface area contributed by atoms with E-state index in [1.54, 1.807) is 12.1 Å². The first-order chi connectivity index (χ1) is 14.5. The van der Waals surface area contributed by atoms with Crippen LogP contribution < -0.4 is 5.32 Å². The summed E-state index contributed by atoms with van der Waals surface area (Å²) in [6, 6.07) is 3.60. The maximum absolute atomic E-state index is 12.8. The summed E-state index contributed by atoms with van der Waals surface area (Å²) in [5, 5.41) is 11.6. The average molecular weight is 434 g/mol. The van der Waals surface area contributed by atoms with E-state index >= 15 is 0 Å². The van der Waals surface area contributed by atoms with Crippen molar-refractivity contribution in [1.82, 2.24) is 15.2 Å². The van der Waals surface area contributed by atoms with Crippen molar-refractivity contribution < 1.29 is 19.4 Å². The first-order valence-corrected chi connectivity index (χ1v) is 10.1. The Hall–Kier alpha value is -2.62. The molecular formula is C20H24ClN5O4. The number of amides is 2. The van der Waals surface area contributed by atoms with Crippen LogP contribution in [0.2, 0.25) is 0 Å². The van der Waals surface area contributed by atoms with Gasteiger partial charge in [0.25, 0.3) is 5.91 Å². The van der Waals surface area contributed by atoms with E-state index in [0.717, 1.165) is 18.4 Å². The number of hydrogen-bond donors (Lipinski definition) is 2. The summed E-state index contributed by atoms with van der Waals surface area (Å²) < 4.78 is 5.38. The predicted molar refractivity (Wildman–Crippen MR) is 113 cm³/mol. The highest BCUT2D eigenvalue weighted by atomic mass is 35.5. The third-order valence-corrected chi connectivity index (χ3v) is 5.05. The van der Waals surface area contributed by atoms with Gasteiger partial charge in [0, 0.05) is 38.1 Å². The maximum atomic E-state index is 12.8. The number of aliphatic hydroxyl groups excluding tert-OH is 1. The minimum absolute atomic E-state index is 0.0400. The molecule has 3 heterocycles. The van der Waals surface area contributed by atoms with E-state index in [1.807, 2.05) is 0 Å². The number of nitrogens with one attached hydrogen (secondary N) is 1. The molecule has 0 aromatic carbocycles. The Labute approximate surface area is 179 Å². The highest BCUT2D eigenvalue weighted by molar-refractivity contribution is 6.46. The van der Waals surface area contributed by atoms with Crippen LogP contribution in [-0.4, -0.2) is 78.2 Å². The lowest BCUT2D eigenvalue weighted by atomic mass is 10.1. The Kier molecular flexibility index (Phi) is 7.67. The molecule has 0 saturated carbocycles. The largest absolute Gasteiger partial charge is 0.395 e. The van der Waals surface area contributed by atoms with Crippen LogP contribution in [-0.2, 0) is 16.1 Å². The summed E-state index contributed by atoms with van der Waals surface area (Å²) in [5.74, 6) is -0.673. The fourth-order valence-corrected chi connectivity index (χ4v) is 3.51. The molecule has 1 aromatic heterocycles. The molecule has 0 radical (unpaired) electrons. The van der Waals surface area contributed by atoms with Gasteiger partial charge in [-0.05, 0) is 25.6 Å². The normalized spacial score (nSPS) is 17.8. The second-order valence-corrected chi connectivity index (χ2v) is 7.33. The summed E-state index contributed by atoms with van der Waals surface area (Å²) in [6.07, 6.45) is 2.94. The minimum Gasteiger partial charge on any atom is -0.395 e. The summed E-state index contributed by atoms with van der Waals surface area (Å²) in [4.78, 5) is 39.1. The van der Waals surface area contributed by atoms with E-state index in [2.05, 4.69) is 22.0 Å². The van der Waals surface area contributed by atoms with Crippen molar-refractivity contribution in [3.05, 3.63) is 40.3 Å². The van der Waals surface area contributed by atoms with Crippen molar-refractivity contribution >= 4 is 35.8 Å². The molecule has 2 aliphatic rings. The second kappa shape index (κ2) is 10.4. The van der Waals surface area contributed by atoms with Crippen molar-refractivity contribution in [2.24, 2.45) is 9.98 Å². The first-order valence-electron chi connectivity index (χ1n) is 9.68. The van der Waals surface area contributed by atoms with Crippen LogP contribution in [0.1, 0.15) is 34.6 Å². The Morgan fingerprint density at radius 1 is 1.43 bits per heavy atom. The lowest BCUT2D eigenvalue weighted by molar-refractivity contribution is -0.121. The fourth-order valence-electron chi connectivity index (χ4n) is 3.30. The topological polar surface area (TPSA) is 116 Å². The van der Waals surface area contributed by atoms with E-state index in [4.69, 9.17) is 26.4 Å². The average Bonchev–Trinajstić information content (AvgIpc) is 3.06. The summed E-state index contributed by atoms with van der Waals surface area (Å²) >= 11 is 6.39. The van der Waals surface area contributed by atoms with Gasteiger partial charge in [-0.1, -0.05) is 17.7 Å². The van der Waals surface area contributed by atoms with Gasteiger partial charge in [-0.25, -0.2) is 4.98 Å². The first kappa shape index (κ1) is 22.1. The van der Waals surface area contributed by atoms with E-state index in [0.29, 0.717) is 24.6 Å². The lowest BCUT2D eigenvalue weighted by Crippen LogP contribution is -2.38. The molecule has 30 heavy (non-hydrogen) atoms. The summed E-state index contributed by atoms with van der Waals surface area (Å²) in [6.45, 7) is 4.87. The molecule has 2 N–H and O–H groups in total. The van der Waals surface area contributed by atoms with Crippen LogP contribution >= 0.6 is 11.6 Å². The molecule has 1 aromatic rings. The molecule has 0 aliphatic carbocycles. The van der Waals surface area contributed by atoms with Crippen LogP contribution in [0.4, 0.5) is 0 Å². The number of aliphatic hydroxyl groups is 1. The molecule has 9 nitrogen and oxygen atoms in total. The second-order valence-electron chi connectivity index (χ2n) is 6.92. The number of hydrogen-bond acceptors (Lipinski definition) is 7. The minimum atomic E-state index is -0.338. The number of carbonyl (C=O) groups is 2. The number of carbonyl (C=O) groups excluding carboxylic acids is 2. The maximum Gasteiger partial charge on any atom is 0.273 e. The van der Waals surface area contributed by atoms with Gasteiger partial charge in [0.15, 0.2) is 0 Å². The van der Waals surface area contributed by atoms with Crippen LogP contribution in [0.3, 0.4) is 0 Å². The van der Waals surface area contributed by atoms with E-state index in [1.165, 1.54) is 11.1 Å². The standard InChI is InChI=1S/C20H24ClN5O4/c1-22-10-15(21)19(24-14-4-8-30-9-5-14)16-3-2-13-11-26(20(29)18(13)25-16)12-17(28)23-6-7-27/h2-3,10,14,27H,1,4-9,11-12H2,(H,23,28)/b15-10+,24-19+. The van der Waals surface area contributed by atoms with Crippen LogP contribution in [0.5, 0.6) is 0 Å². The molecular weight excluding hydrogens is 410 g/mol. The van der Waals surface area contributed by atoms with Gasteiger partial charge in [0.1, 0.15) is 18.0 Å². The molecule has 10 heteroatoms. The van der Waals surface area contributed by atoms with Gasteiger partial charge < -0.3 is 20.1 Å². The summed E-state index contributed by atoms with van der Waals surface area (Å²) in [7, 11) is 0. The van der Waals surface area contributed by atoms with Crippen LogP contribution in [0.15, 0.2) is 33.3 Å². The highest BCUT2D eigenvalue weighted by Gasteiger charge is 2.31. The number of pyridine rings is 1. The monoisotopic (exact) mass is 433 g/mol. The Morgan fingerprint density at radius 2 is 2.20 bits per heavy atom. The lowest BCUT2D eigenvalue weighted by Gasteiger charge is -2.19. The van der Waals surface area contributed by atoms with Gasteiger partial charge in [0.2, 0.25) is 5.91 Å². The van der Waals surface area contributed by atoms with Crippen molar-refractivity contribution in [1.29, 1.82) is 0 Å². The van der Waals surface area contributed by atoms with Crippen LogP contribution in [0.25, 0.3) is 0 Å². The zero-order valence-corrected chi connectivity index (χ0v) is 17.3. The molecule has 2 amide bonds. The number of halogens is 1. The number of ether oxygens (including phenoxy) is 1. The quantitative estimate of drug-likeness (QED) is 0.590. The molecule has 1 fully saturated rings. The Bertz CT molecular complexity index is 880. The van der Waals surface area contributed by atoms with Crippen LogP contribution in [0, 0.1) is 0 Å². The fraction of sp³-hybridized carbons (Fsp3) is 0.450. The molecule has 0 unspecified atom stereocenters. The zero-order chi connectivity index (χ0) is 21.5. The molecule has 2 aliphatic heterocycles. The van der Waals surface area contributed by atoms with Gasteiger partial charge in [0.05, 0.1) is 23.4 Å². The highest BCUT2D eigenvalue weighted by Crippen LogP contribution is 2.24. The Balaban J connectivity index is 1.84. The van der Waals surface area contributed by atoms with Crippen molar-refractivity contribution in [3.63, 3.8) is 0 Å². The van der Waals surface area contributed by atoms with Gasteiger partial charge in [-0.15, -0.1) is 0 Å². The van der Waals surface area contributed by atoms with E-state index in [9.17, 15) is 9.59 Å². The predicted octanol–water partition coefficient (Wildman–Crippen LogP) is 0.895. The molecule has 0 bridgehead atoms. The van der Waals surface area contributed by atoms with Gasteiger partial charge >= 0.3 is 0 Å². The number of fused-ring (bicyclic) bond motifs is 1. The molecule has 1 saturated heterocycles. The van der Waals surface area contributed by atoms with E-state index < -0.39 is 0 Å². The summed E-state index contributed by atoms with van der Waals surface area (Å²) in [5.41, 5.74) is 1.92. The molecule has 0 atom stereocenters. The number of nitrogens with zero attached hydrogens (tertiary/aromatic N) is 4. The van der Waals surface area contributed by atoms with Gasteiger partial charge in [-0.3, -0.25) is 19.6 Å². The number of allylic oxidation sites excluding steroid dienone is 1.